The quantitative estimate of drug-likeness (QED) is 0.0209. The fourth-order valence-corrected chi connectivity index (χ4v) is 10.2. The predicted molar refractivity (Wildman–Crippen MR) is 386 cm³/mol. The molecule has 37 nitrogen and oxygen atoms in total. The zero-order valence-corrected chi connectivity index (χ0v) is 63.6. The molecule has 110 heavy (non-hydrogen) atoms. The number of halogens is 3. The number of guanidine groups is 1. The summed E-state index contributed by atoms with van der Waals surface area (Å²) < 4.78 is 49.2. The van der Waals surface area contributed by atoms with Crippen LogP contribution in [0.2, 0.25) is 0 Å². The lowest BCUT2D eigenvalue weighted by Gasteiger charge is -2.34. The highest BCUT2D eigenvalue weighted by atomic mass is 19.4. The fourth-order valence-electron chi connectivity index (χ4n) is 10.2. The van der Waals surface area contributed by atoms with Crippen molar-refractivity contribution in [2.45, 2.75) is 225 Å². The number of aliphatic imine (C=N–C) groups is 1. The number of esters is 1. The van der Waals surface area contributed by atoms with Crippen molar-refractivity contribution < 1.29 is 120 Å². The molecule has 40 heteroatoms. The molecule has 2 unspecified atom stereocenters. The first-order valence-electron chi connectivity index (χ1n) is 35.2. The molecule has 2 aromatic rings. The van der Waals surface area contributed by atoms with Gasteiger partial charge in [0.15, 0.2) is 24.2 Å². The number of aliphatic hydroxyl groups excluding tert-OH is 4. The van der Waals surface area contributed by atoms with Crippen molar-refractivity contribution >= 4 is 89.0 Å². The fraction of sp³-hybridized carbons (Fsp3) is 0.614. The lowest BCUT2D eigenvalue weighted by molar-refractivity contribution is -0.192. The van der Waals surface area contributed by atoms with E-state index >= 15 is 14.4 Å². The number of alkyl halides is 3. The minimum atomic E-state index is -5.08. The third-order valence-electron chi connectivity index (χ3n) is 16.2. The third kappa shape index (κ3) is 34.1. The standard InChI is InChI=1S/C68H107N15O20.C2HF3O2/c1-14-36(6)46-60(95)81-47(37(7)85)59(94)73-30-45(86)79-49(52(88)54(69)89)62(97)76-43(31-84)64(99)103-53(39-24-19-16-20-25-39)50(83-58(93)44(33-102-68(11,12)13)77-57(92)42(29-67(8,9)10)78-66(100)101-32-38-22-17-15-18-23-38)63(98)82-48(51(87)35(4)5)61(96)75-41(28-34(2)3)56(91)74-40(55(90)80-46)26-21-27-72-65(70)71;3-2(4,5)1(6)7/h15-20,22-25,34-37,40-44,46-53,84-85,87-88H,14,21,26-33H2,1-13H3,(H2,69,89)(H,73,94)(H,74,91)(H,75,96)(H,76,97)(H,77,92)(H,78,100)(H,79,86)(H,80,90)(H,81,95)(H,82,98)(H,83,93)(H4,70,71,72);(H,6,7)/t36-,37-,40+,41-,42+,43-,44-,46?,47?,48-,49-,50-,51+,52-,53+;/m0./s1. The van der Waals surface area contributed by atoms with Crippen LogP contribution in [0.1, 0.15) is 139 Å². The summed E-state index contributed by atoms with van der Waals surface area (Å²) in [6.07, 6.45) is -14.7. The first kappa shape index (κ1) is 95.8. The number of aliphatic hydroxyl groups is 4. The number of hydrogen-bond donors (Lipinski definition) is 19. The number of rotatable bonds is 25. The third-order valence-corrected chi connectivity index (χ3v) is 16.2. The van der Waals surface area contributed by atoms with Gasteiger partial charge < -0.3 is 115 Å². The van der Waals surface area contributed by atoms with Crippen molar-refractivity contribution in [1.29, 1.82) is 0 Å². The van der Waals surface area contributed by atoms with Crippen molar-refractivity contribution in [3.05, 3.63) is 71.8 Å². The van der Waals surface area contributed by atoms with Crippen LogP contribution in [-0.2, 0) is 83.1 Å². The number of nitrogens with zero attached hydrogens (tertiary/aromatic N) is 1. The van der Waals surface area contributed by atoms with Gasteiger partial charge in [-0.15, -0.1) is 0 Å². The van der Waals surface area contributed by atoms with Crippen LogP contribution in [-0.4, -0.2) is 231 Å². The van der Waals surface area contributed by atoms with E-state index in [-0.39, 0.29) is 56.8 Å². The summed E-state index contributed by atoms with van der Waals surface area (Å²) in [5.74, 6) is -20.5. The molecule has 15 atom stereocenters. The number of amides is 12. The van der Waals surface area contributed by atoms with Gasteiger partial charge in [-0.2, -0.15) is 13.2 Å². The maximum atomic E-state index is 15.7. The van der Waals surface area contributed by atoms with Gasteiger partial charge in [-0.25, -0.2) is 14.4 Å². The molecule has 22 N–H and O–H groups in total. The number of hydrogen-bond acceptors (Lipinski definition) is 22. The number of benzene rings is 2. The number of ether oxygens (including phenoxy) is 3. The average Bonchev–Trinajstić information content (AvgIpc) is 0.811. The van der Waals surface area contributed by atoms with Crippen molar-refractivity contribution in [3.8, 4) is 0 Å². The van der Waals surface area contributed by atoms with E-state index in [4.69, 9.17) is 41.3 Å². The Hall–Kier alpha value is -10.3. The van der Waals surface area contributed by atoms with E-state index in [0.717, 1.165) is 6.92 Å². The Bertz CT molecular complexity index is 3470. The number of nitrogens with two attached hydrogens (primary N) is 3. The number of carboxylic acid groups (broad SMARTS) is 1. The summed E-state index contributed by atoms with van der Waals surface area (Å²) in [5.41, 5.74) is 15.3. The number of primary amides is 1. The van der Waals surface area contributed by atoms with E-state index in [1.54, 1.807) is 99.6 Å². The van der Waals surface area contributed by atoms with E-state index < -0.39 is 223 Å². The van der Waals surface area contributed by atoms with Gasteiger partial charge in [0, 0.05) is 6.54 Å². The van der Waals surface area contributed by atoms with Crippen LogP contribution in [0.4, 0.5) is 18.0 Å². The summed E-state index contributed by atoms with van der Waals surface area (Å²) >= 11 is 0. The van der Waals surface area contributed by atoms with Gasteiger partial charge in [0.25, 0.3) is 0 Å². The van der Waals surface area contributed by atoms with E-state index in [9.17, 15) is 81.5 Å². The van der Waals surface area contributed by atoms with E-state index in [2.05, 4.69) is 52.8 Å². The van der Waals surface area contributed by atoms with Gasteiger partial charge in [-0.1, -0.05) is 129 Å². The molecule has 0 bridgehead atoms. The number of carboxylic acids is 1. The highest BCUT2D eigenvalue weighted by Crippen LogP contribution is 2.26. The van der Waals surface area contributed by atoms with Gasteiger partial charge in [0.1, 0.15) is 61.0 Å². The Balaban J connectivity index is 0.00000557. The molecule has 1 fully saturated rings. The van der Waals surface area contributed by atoms with Crippen molar-refractivity contribution in [3.63, 3.8) is 0 Å². The SMILES string of the molecule is CC[C@H](C)C1NC(=O)[C@@H](CCCN=C(N)N)NC(=O)[C@H](CC(C)C)NC(=O)[C@H]([C@H](O)C(C)C)NC(=O)[C@@H](NC(=O)[C@H](COC(C)(C)C)NC(=O)[C@@H](CC(C)(C)C)NC(=O)OCc2ccccc2)[C@@H](c2ccccc2)OC(=O)[C@H](CO)NC(=O)[C@H]([C@H](O)C(N)=O)NC(=O)CNC(=O)C([C@H](C)O)NC1=O.O=C(O)C(F)(F)F. The largest absolute Gasteiger partial charge is 0.490 e. The molecule has 0 radical (unpaired) electrons. The monoisotopic (exact) mass is 1570 g/mol. The summed E-state index contributed by atoms with van der Waals surface area (Å²) in [4.78, 5) is 199. The number of carbonyl (C=O) groups is 14. The molecule has 1 saturated heterocycles. The van der Waals surface area contributed by atoms with Crippen molar-refractivity contribution in [2.24, 2.45) is 45.4 Å². The number of carbonyl (C=O) groups excluding carboxylic acids is 13. The van der Waals surface area contributed by atoms with Gasteiger partial charge in [-0.3, -0.25) is 57.7 Å². The summed E-state index contributed by atoms with van der Waals surface area (Å²) in [7, 11) is 0. The molecular formula is C70H108F3N15O22. The van der Waals surface area contributed by atoms with Crippen molar-refractivity contribution in [2.75, 3.05) is 26.3 Å². The second-order valence-electron chi connectivity index (χ2n) is 28.9. The molecule has 0 aliphatic carbocycles. The summed E-state index contributed by atoms with van der Waals surface area (Å²) in [5, 5.41) is 78.2. The summed E-state index contributed by atoms with van der Waals surface area (Å²) in [6.45, 7) is 17.3. The zero-order valence-electron chi connectivity index (χ0n) is 63.6. The maximum absolute atomic E-state index is 15.7. The van der Waals surface area contributed by atoms with Gasteiger partial charge in [-0.05, 0) is 87.7 Å². The van der Waals surface area contributed by atoms with Crippen LogP contribution in [0.15, 0.2) is 65.7 Å². The molecule has 1 aliphatic rings. The normalized spacial score (nSPS) is 22.4. The van der Waals surface area contributed by atoms with Crippen LogP contribution in [0, 0.1) is 23.2 Å². The first-order chi connectivity index (χ1) is 51.0. The second-order valence-corrected chi connectivity index (χ2v) is 28.9. The topological polar surface area (TPSA) is 591 Å². The molecule has 0 saturated carbocycles. The van der Waals surface area contributed by atoms with Crippen LogP contribution in [0.5, 0.6) is 0 Å². The van der Waals surface area contributed by atoms with Gasteiger partial charge in [0.05, 0.1) is 37.6 Å². The minimum absolute atomic E-state index is 0.0203. The van der Waals surface area contributed by atoms with Gasteiger partial charge >= 0.3 is 24.2 Å². The Morgan fingerprint density at radius 2 is 1.18 bits per heavy atom. The molecule has 1 heterocycles. The van der Waals surface area contributed by atoms with Crippen LogP contribution < -0.4 is 75.7 Å². The highest BCUT2D eigenvalue weighted by Gasteiger charge is 2.45. The molecule has 1 aliphatic heterocycles. The zero-order chi connectivity index (χ0) is 83.9. The minimum Gasteiger partial charge on any atom is -0.475 e. The van der Waals surface area contributed by atoms with E-state index in [1.807, 2.05) is 10.6 Å². The Labute approximate surface area is 634 Å². The molecule has 3 rings (SSSR count). The van der Waals surface area contributed by atoms with Crippen LogP contribution >= 0.6 is 0 Å². The Morgan fingerprint density at radius 3 is 1.69 bits per heavy atom. The lowest BCUT2D eigenvalue weighted by Crippen LogP contribution is -2.64. The molecule has 12 amide bonds. The molecule has 0 aromatic heterocycles. The molecular weight excluding hydrogens is 1460 g/mol. The van der Waals surface area contributed by atoms with Crippen molar-refractivity contribution in [1.82, 2.24) is 58.5 Å². The molecule has 616 valence electrons. The summed E-state index contributed by atoms with van der Waals surface area (Å²) in [6, 6.07) is -3.48. The number of alkyl carbamates (subject to hydrolysis) is 1. The second kappa shape index (κ2) is 45.0. The Morgan fingerprint density at radius 1 is 0.655 bits per heavy atom. The number of cyclic esters (lactones) is 1. The molecule has 2 aromatic carbocycles. The van der Waals surface area contributed by atoms with E-state index in [1.165, 1.54) is 44.2 Å². The average molecular weight is 1570 g/mol. The molecule has 0 spiro atoms. The highest BCUT2D eigenvalue weighted by molar-refractivity contribution is 6.00. The van der Waals surface area contributed by atoms with Gasteiger partial charge in [0.2, 0.25) is 65.0 Å². The lowest BCUT2D eigenvalue weighted by atomic mass is 9.87. The van der Waals surface area contributed by atoms with Crippen LogP contribution in [0.25, 0.3) is 0 Å². The smallest absolute Gasteiger partial charge is 0.475 e. The Kier molecular flexibility index (Phi) is 39.2. The first-order valence-corrected chi connectivity index (χ1v) is 35.2. The van der Waals surface area contributed by atoms with Crippen LogP contribution in [0.3, 0.4) is 0 Å². The maximum Gasteiger partial charge on any atom is 0.490 e. The number of nitrogens with one attached hydrogen (secondary N) is 11. The predicted octanol–water partition coefficient (Wildman–Crippen LogP) is -2.67. The number of aliphatic carboxylic acids is 1. The van der Waals surface area contributed by atoms with E-state index in [0.29, 0.717) is 5.56 Å².